The summed E-state index contributed by atoms with van der Waals surface area (Å²) in [5, 5.41) is 6.20. The molecule has 3 aliphatic rings. The summed E-state index contributed by atoms with van der Waals surface area (Å²) in [7, 11) is 0. The van der Waals surface area contributed by atoms with E-state index in [1.807, 2.05) is 0 Å². The molecule has 0 saturated heterocycles. The molecule has 0 aromatic heterocycles. The first-order valence-corrected chi connectivity index (χ1v) is 8.51. The van der Waals surface area contributed by atoms with Crippen LogP contribution in [0.5, 0.6) is 0 Å². The third-order valence-electron chi connectivity index (χ3n) is 5.26. The van der Waals surface area contributed by atoms with Crippen molar-refractivity contribution in [1.82, 2.24) is 10.6 Å². The van der Waals surface area contributed by atoms with Crippen LogP contribution in [0.2, 0.25) is 0 Å². The standard InChI is InChI=1S/C16H27N3O2/c17-15(20)12-4-2-1-3-5-13(12)18-16(21)19-14(10-6-7-10)11-8-9-11/h10-14H,1-9H2,(H2,17,20)(H2,18,19,21)/t12-,13-/m0/s1. The fourth-order valence-corrected chi connectivity index (χ4v) is 3.71. The molecule has 0 aliphatic heterocycles. The molecule has 0 spiro atoms. The van der Waals surface area contributed by atoms with Crippen molar-refractivity contribution in [2.75, 3.05) is 0 Å². The second kappa shape index (κ2) is 6.24. The van der Waals surface area contributed by atoms with Crippen molar-refractivity contribution in [2.45, 2.75) is 69.9 Å². The normalized spacial score (nSPS) is 29.8. The van der Waals surface area contributed by atoms with E-state index in [0.29, 0.717) is 17.9 Å². The first-order valence-electron chi connectivity index (χ1n) is 8.51. The van der Waals surface area contributed by atoms with Gasteiger partial charge in [-0.1, -0.05) is 19.3 Å². The maximum atomic E-state index is 12.3. The molecule has 3 saturated carbocycles. The molecule has 0 heterocycles. The van der Waals surface area contributed by atoms with E-state index < -0.39 is 0 Å². The third-order valence-corrected chi connectivity index (χ3v) is 5.26. The van der Waals surface area contributed by atoms with E-state index >= 15 is 0 Å². The lowest BCUT2D eigenvalue weighted by Gasteiger charge is -2.26. The van der Waals surface area contributed by atoms with Crippen molar-refractivity contribution >= 4 is 11.9 Å². The minimum atomic E-state index is -0.275. The summed E-state index contributed by atoms with van der Waals surface area (Å²) in [5.41, 5.74) is 5.51. The molecule has 3 rings (SSSR count). The van der Waals surface area contributed by atoms with Gasteiger partial charge in [-0.05, 0) is 50.4 Å². The van der Waals surface area contributed by atoms with Crippen LogP contribution in [0.3, 0.4) is 0 Å². The molecule has 0 radical (unpaired) electrons. The van der Waals surface area contributed by atoms with Gasteiger partial charge in [-0.25, -0.2) is 4.79 Å². The van der Waals surface area contributed by atoms with Crippen LogP contribution in [0.15, 0.2) is 0 Å². The summed E-state index contributed by atoms with van der Waals surface area (Å²) in [6.45, 7) is 0. The van der Waals surface area contributed by atoms with Crippen molar-refractivity contribution in [1.29, 1.82) is 0 Å². The minimum Gasteiger partial charge on any atom is -0.369 e. The molecule has 3 aliphatic carbocycles. The Morgan fingerprint density at radius 3 is 2.10 bits per heavy atom. The second-order valence-electron chi connectivity index (χ2n) is 7.07. The summed E-state index contributed by atoms with van der Waals surface area (Å²) in [6.07, 6.45) is 9.85. The SMILES string of the molecule is NC(=O)[C@H]1CCCCC[C@@H]1NC(=O)NC(C1CC1)C1CC1. The van der Waals surface area contributed by atoms with Gasteiger partial charge in [0, 0.05) is 12.1 Å². The van der Waals surface area contributed by atoms with Gasteiger partial charge in [-0.15, -0.1) is 0 Å². The summed E-state index contributed by atoms with van der Waals surface area (Å²) in [4.78, 5) is 23.9. The molecule has 0 unspecified atom stereocenters. The van der Waals surface area contributed by atoms with Crippen LogP contribution >= 0.6 is 0 Å². The molecule has 21 heavy (non-hydrogen) atoms. The monoisotopic (exact) mass is 293 g/mol. The zero-order chi connectivity index (χ0) is 14.8. The highest BCUT2D eigenvalue weighted by Crippen LogP contribution is 2.44. The number of hydrogen-bond donors (Lipinski definition) is 3. The first-order chi connectivity index (χ1) is 10.1. The van der Waals surface area contributed by atoms with Gasteiger partial charge in [0.25, 0.3) is 0 Å². The van der Waals surface area contributed by atoms with Gasteiger partial charge in [0.1, 0.15) is 0 Å². The molecule has 3 fully saturated rings. The lowest BCUT2D eigenvalue weighted by Crippen LogP contribution is -2.51. The van der Waals surface area contributed by atoms with Crippen LogP contribution in [-0.4, -0.2) is 24.0 Å². The van der Waals surface area contributed by atoms with E-state index in [1.54, 1.807) is 0 Å². The molecule has 118 valence electrons. The first kappa shape index (κ1) is 14.7. The third kappa shape index (κ3) is 3.89. The maximum absolute atomic E-state index is 12.3. The van der Waals surface area contributed by atoms with Crippen LogP contribution in [0.1, 0.15) is 57.8 Å². The quantitative estimate of drug-likeness (QED) is 0.676. The van der Waals surface area contributed by atoms with Crippen LogP contribution in [0.4, 0.5) is 4.79 Å². The molecule has 0 aromatic carbocycles. The van der Waals surface area contributed by atoms with E-state index in [4.69, 9.17) is 5.73 Å². The second-order valence-corrected chi connectivity index (χ2v) is 7.07. The zero-order valence-corrected chi connectivity index (χ0v) is 12.6. The topological polar surface area (TPSA) is 84.2 Å². The van der Waals surface area contributed by atoms with E-state index in [0.717, 1.165) is 32.1 Å². The fourth-order valence-electron chi connectivity index (χ4n) is 3.71. The largest absolute Gasteiger partial charge is 0.369 e. The smallest absolute Gasteiger partial charge is 0.315 e. The van der Waals surface area contributed by atoms with Gasteiger partial charge in [0.15, 0.2) is 0 Å². The van der Waals surface area contributed by atoms with Crippen molar-refractivity contribution in [2.24, 2.45) is 23.5 Å². The highest BCUT2D eigenvalue weighted by atomic mass is 16.2. The molecule has 4 N–H and O–H groups in total. The minimum absolute atomic E-state index is 0.0935. The van der Waals surface area contributed by atoms with Gasteiger partial charge in [0.05, 0.1) is 5.92 Å². The van der Waals surface area contributed by atoms with Gasteiger partial charge < -0.3 is 16.4 Å². The summed E-state index contributed by atoms with van der Waals surface area (Å²) in [6, 6.07) is 0.156. The highest BCUT2D eigenvalue weighted by Gasteiger charge is 2.42. The Hall–Kier alpha value is -1.26. The molecule has 5 nitrogen and oxygen atoms in total. The Morgan fingerprint density at radius 1 is 0.905 bits per heavy atom. The van der Waals surface area contributed by atoms with Crippen molar-refractivity contribution in [3.63, 3.8) is 0 Å². The van der Waals surface area contributed by atoms with Crippen molar-refractivity contribution in [3.05, 3.63) is 0 Å². The van der Waals surface area contributed by atoms with Gasteiger partial charge in [0.2, 0.25) is 5.91 Å². The molecule has 2 atom stereocenters. The number of nitrogens with one attached hydrogen (secondary N) is 2. The average Bonchev–Trinajstić information content (AvgIpc) is 3.31. The Bertz CT molecular complexity index is 392. The number of carbonyl (C=O) groups excluding carboxylic acids is 2. The number of rotatable bonds is 5. The van der Waals surface area contributed by atoms with E-state index in [9.17, 15) is 9.59 Å². The Balaban J connectivity index is 1.55. The molecular formula is C16H27N3O2. The van der Waals surface area contributed by atoms with Gasteiger partial charge in [-0.2, -0.15) is 0 Å². The van der Waals surface area contributed by atoms with Gasteiger partial charge >= 0.3 is 6.03 Å². The number of urea groups is 1. The molecule has 0 bridgehead atoms. The van der Waals surface area contributed by atoms with E-state index in [1.165, 1.54) is 25.7 Å². The summed E-state index contributed by atoms with van der Waals surface area (Å²) < 4.78 is 0. The fraction of sp³-hybridized carbons (Fsp3) is 0.875. The van der Waals surface area contributed by atoms with Crippen LogP contribution in [-0.2, 0) is 4.79 Å². The van der Waals surface area contributed by atoms with E-state index in [-0.39, 0.29) is 23.9 Å². The molecule has 3 amide bonds. The Morgan fingerprint density at radius 2 is 1.52 bits per heavy atom. The Kier molecular flexibility index (Phi) is 4.36. The summed E-state index contributed by atoms with van der Waals surface area (Å²) >= 11 is 0. The maximum Gasteiger partial charge on any atom is 0.315 e. The Labute approximate surface area is 126 Å². The average molecular weight is 293 g/mol. The van der Waals surface area contributed by atoms with Crippen LogP contribution in [0.25, 0.3) is 0 Å². The van der Waals surface area contributed by atoms with Crippen LogP contribution in [0, 0.1) is 17.8 Å². The lowest BCUT2D eigenvalue weighted by molar-refractivity contribution is -0.122. The zero-order valence-electron chi connectivity index (χ0n) is 12.6. The van der Waals surface area contributed by atoms with E-state index in [2.05, 4.69) is 10.6 Å². The highest BCUT2D eigenvalue weighted by molar-refractivity contribution is 5.80. The number of amides is 3. The predicted molar refractivity (Wildman–Crippen MR) is 80.5 cm³/mol. The molecular weight excluding hydrogens is 266 g/mol. The van der Waals surface area contributed by atoms with Crippen molar-refractivity contribution < 1.29 is 9.59 Å². The van der Waals surface area contributed by atoms with Gasteiger partial charge in [-0.3, -0.25) is 4.79 Å². The van der Waals surface area contributed by atoms with Crippen LogP contribution < -0.4 is 16.4 Å². The molecule has 5 heteroatoms. The predicted octanol–water partition coefficient (Wildman–Crippen LogP) is 1.91. The number of nitrogens with two attached hydrogens (primary N) is 1. The number of hydrogen-bond acceptors (Lipinski definition) is 2. The lowest BCUT2D eigenvalue weighted by atomic mass is 9.94. The summed E-state index contributed by atoms with van der Waals surface area (Å²) in [5.74, 6) is 0.885. The van der Waals surface area contributed by atoms with Crippen molar-refractivity contribution in [3.8, 4) is 0 Å². The number of primary amides is 1. The number of carbonyl (C=O) groups is 2. The molecule has 0 aromatic rings.